The lowest BCUT2D eigenvalue weighted by Gasteiger charge is -2.13. The largest absolute Gasteiger partial charge is 0.493 e. The fourth-order valence-corrected chi connectivity index (χ4v) is 3.31. The number of ether oxygens (including phenoxy) is 2. The minimum atomic E-state index is 0.536. The number of nitrogens with one attached hydrogen (secondary N) is 1. The maximum atomic E-state index is 5.99. The second-order valence-corrected chi connectivity index (χ2v) is 7.33. The molecule has 1 heterocycles. The van der Waals surface area contributed by atoms with Crippen LogP contribution in [0.2, 0.25) is 5.02 Å². The molecule has 152 valence electrons. The number of hydrogen-bond donors (Lipinski definition) is 1. The lowest BCUT2D eigenvalue weighted by molar-refractivity contribution is 0.294. The van der Waals surface area contributed by atoms with Crippen LogP contribution in [0.3, 0.4) is 0 Å². The van der Waals surface area contributed by atoms with Crippen molar-refractivity contribution < 1.29 is 14.0 Å². The first-order chi connectivity index (χ1) is 14.0. The van der Waals surface area contributed by atoms with Crippen LogP contribution in [-0.2, 0) is 6.54 Å². The van der Waals surface area contributed by atoms with E-state index >= 15 is 0 Å². The van der Waals surface area contributed by atoms with Crippen molar-refractivity contribution in [1.82, 2.24) is 10.5 Å². The number of halogens is 1. The highest BCUT2D eigenvalue weighted by molar-refractivity contribution is 7.80. The number of benzene rings is 2. The van der Waals surface area contributed by atoms with Crippen LogP contribution in [0.1, 0.15) is 30.2 Å². The van der Waals surface area contributed by atoms with Crippen LogP contribution in [0, 0.1) is 6.92 Å². The standard InChI is InChI=1S/C22H23ClN2O3S/c1-4-11-27-18-10-5-15(12-19(18)26-3)13-24-22(29)20-14(2)28-25-21(20)16-6-8-17(23)9-7-16/h5-10,12H,4,11,13H2,1-3H3,(H,24,29). The van der Waals surface area contributed by atoms with E-state index in [1.54, 1.807) is 7.11 Å². The average Bonchev–Trinajstić information content (AvgIpc) is 3.12. The van der Waals surface area contributed by atoms with Crippen molar-refractivity contribution in [3.8, 4) is 22.8 Å². The Hall–Kier alpha value is -2.57. The number of nitrogens with zero attached hydrogens (tertiary/aromatic N) is 1. The molecule has 5 nitrogen and oxygen atoms in total. The third-order valence-electron chi connectivity index (χ3n) is 4.35. The summed E-state index contributed by atoms with van der Waals surface area (Å²) in [4.78, 5) is 0.568. The van der Waals surface area contributed by atoms with Gasteiger partial charge in [0.15, 0.2) is 11.5 Å². The molecule has 0 radical (unpaired) electrons. The number of hydrogen-bond acceptors (Lipinski definition) is 5. The van der Waals surface area contributed by atoms with Crippen LogP contribution in [0.4, 0.5) is 0 Å². The van der Waals surface area contributed by atoms with E-state index in [1.807, 2.05) is 49.4 Å². The monoisotopic (exact) mass is 430 g/mol. The molecule has 0 spiro atoms. The summed E-state index contributed by atoms with van der Waals surface area (Å²) in [5, 5.41) is 8.13. The molecular formula is C22H23ClN2O3S. The molecule has 0 saturated carbocycles. The van der Waals surface area contributed by atoms with E-state index in [1.165, 1.54) is 0 Å². The molecule has 1 N–H and O–H groups in total. The normalized spacial score (nSPS) is 10.6. The van der Waals surface area contributed by atoms with Gasteiger partial charge in [0.2, 0.25) is 0 Å². The number of thiocarbonyl (C=S) groups is 1. The summed E-state index contributed by atoms with van der Waals surface area (Å²) in [5.74, 6) is 2.10. The van der Waals surface area contributed by atoms with Gasteiger partial charge in [0.05, 0.1) is 19.3 Å². The Bertz CT molecular complexity index is 986. The van der Waals surface area contributed by atoms with Gasteiger partial charge in [-0.2, -0.15) is 0 Å². The first-order valence-electron chi connectivity index (χ1n) is 9.33. The van der Waals surface area contributed by atoms with Gasteiger partial charge in [-0.3, -0.25) is 0 Å². The molecule has 0 atom stereocenters. The predicted octanol–water partition coefficient (Wildman–Crippen LogP) is 5.57. The van der Waals surface area contributed by atoms with E-state index < -0.39 is 0 Å². The first-order valence-corrected chi connectivity index (χ1v) is 10.1. The van der Waals surface area contributed by atoms with Crippen LogP contribution in [-0.4, -0.2) is 23.9 Å². The molecule has 0 unspecified atom stereocenters. The number of rotatable bonds is 8. The molecule has 0 aliphatic rings. The molecule has 3 rings (SSSR count). The van der Waals surface area contributed by atoms with Gasteiger partial charge in [0, 0.05) is 17.1 Å². The van der Waals surface area contributed by atoms with Crippen molar-refractivity contribution >= 4 is 28.8 Å². The van der Waals surface area contributed by atoms with Gasteiger partial charge < -0.3 is 19.3 Å². The van der Waals surface area contributed by atoms with Crippen LogP contribution < -0.4 is 14.8 Å². The fraction of sp³-hybridized carbons (Fsp3) is 0.273. The van der Waals surface area contributed by atoms with Crippen molar-refractivity contribution in [3.05, 3.63) is 64.4 Å². The summed E-state index contributed by atoms with van der Waals surface area (Å²) >= 11 is 11.6. The summed E-state index contributed by atoms with van der Waals surface area (Å²) < 4.78 is 16.5. The minimum absolute atomic E-state index is 0.536. The third-order valence-corrected chi connectivity index (χ3v) is 4.95. The molecular weight excluding hydrogens is 408 g/mol. The summed E-state index contributed by atoms with van der Waals surface area (Å²) in [5.41, 5.74) is 3.38. The molecule has 0 amide bonds. The van der Waals surface area contributed by atoms with Crippen molar-refractivity contribution in [2.24, 2.45) is 0 Å². The zero-order chi connectivity index (χ0) is 20.8. The van der Waals surface area contributed by atoms with Crippen LogP contribution in [0.15, 0.2) is 47.0 Å². The molecule has 0 fully saturated rings. The second-order valence-electron chi connectivity index (χ2n) is 6.49. The fourth-order valence-electron chi connectivity index (χ4n) is 2.87. The Balaban J connectivity index is 1.75. The summed E-state index contributed by atoms with van der Waals surface area (Å²) in [6, 6.07) is 13.3. The van der Waals surface area contributed by atoms with E-state index in [0.29, 0.717) is 40.4 Å². The van der Waals surface area contributed by atoms with Gasteiger partial charge in [-0.1, -0.05) is 54.1 Å². The smallest absolute Gasteiger partial charge is 0.161 e. The second kappa shape index (κ2) is 9.76. The molecule has 3 aromatic rings. The van der Waals surface area contributed by atoms with Crippen LogP contribution >= 0.6 is 23.8 Å². The molecule has 1 aromatic heterocycles. The highest BCUT2D eigenvalue weighted by Gasteiger charge is 2.19. The molecule has 29 heavy (non-hydrogen) atoms. The maximum Gasteiger partial charge on any atom is 0.161 e. The quantitative estimate of drug-likeness (QED) is 0.472. The Morgan fingerprint density at radius 1 is 1.17 bits per heavy atom. The predicted molar refractivity (Wildman–Crippen MR) is 119 cm³/mol. The van der Waals surface area contributed by atoms with Crippen molar-refractivity contribution in [2.45, 2.75) is 26.8 Å². The lowest BCUT2D eigenvalue weighted by Crippen LogP contribution is -2.22. The highest BCUT2D eigenvalue weighted by Crippen LogP contribution is 2.29. The Morgan fingerprint density at radius 3 is 2.62 bits per heavy atom. The molecule has 0 saturated heterocycles. The topological polar surface area (TPSA) is 56.5 Å². The molecule has 0 aliphatic carbocycles. The van der Waals surface area contributed by atoms with E-state index in [-0.39, 0.29) is 0 Å². The summed E-state index contributed by atoms with van der Waals surface area (Å²) in [6.07, 6.45) is 0.939. The van der Waals surface area contributed by atoms with Gasteiger partial charge >= 0.3 is 0 Å². The van der Waals surface area contributed by atoms with Crippen molar-refractivity contribution in [2.75, 3.05) is 13.7 Å². The average molecular weight is 431 g/mol. The molecule has 0 aliphatic heterocycles. The number of aryl methyl sites for hydroxylation is 1. The number of methoxy groups -OCH3 is 1. The first kappa shape index (κ1) is 21.1. The van der Waals surface area contributed by atoms with Crippen LogP contribution in [0.5, 0.6) is 11.5 Å². The molecule has 7 heteroatoms. The SMILES string of the molecule is CCCOc1ccc(CNC(=S)c2c(-c3ccc(Cl)cc3)noc2C)cc1OC. The Morgan fingerprint density at radius 2 is 1.93 bits per heavy atom. The van der Waals surface area contributed by atoms with E-state index in [2.05, 4.69) is 17.4 Å². The van der Waals surface area contributed by atoms with Crippen molar-refractivity contribution in [3.63, 3.8) is 0 Å². The van der Waals surface area contributed by atoms with Crippen molar-refractivity contribution in [1.29, 1.82) is 0 Å². The van der Waals surface area contributed by atoms with Gasteiger partial charge in [-0.05, 0) is 43.2 Å². The van der Waals surface area contributed by atoms with Crippen LogP contribution in [0.25, 0.3) is 11.3 Å². The maximum absolute atomic E-state index is 5.99. The van der Waals surface area contributed by atoms with E-state index in [9.17, 15) is 0 Å². The minimum Gasteiger partial charge on any atom is -0.493 e. The molecule has 2 aromatic carbocycles. The van der Waals surface area contributed by atoms with E-state index in [0.717, 1.165) is 28.9 Å². The zero-order valence-electron chi connectivity index (χ0n) is 16.6. The molecule has 0 bridgehead atoms. The van der Waals surface area contributed by atoms with Gasteiger partial charge in [-0.15, -0.1) is 0 Å². The summed E-state index contributed by atoms with van der Waals surface area (Å²) in [7, 11) is 1.63. The van der Waals surface area contributed by atoms with Gasteiger partial charge in [0.25, 0.3) is 0 Å². The van der Waals surface area contributed by atoms with Gasteiger partial charge in [-0.25, -0.2) is 0 Å². The Kier molecular flexibility index (Phi) is 7.12. The van der Waals surface area contributed by atoms with Gasteiger partial charge in [0.1, 0.15) is 16.4 Å². The lowest BCUT2D eigenvalue weighted by atomic mass is 10.1. The highest BCUT2D eigenvalue weighted by atomic mass is 35.5. The number of aromatic nitrogens is 1. The summed E-state index contributed by atoms with van der Waals surface area (Å²) in [6.45, 7) is 5.10. The third kappa shape index (κ3) is 5.08. The van der Waals surface area contributed by atoms with E-state index in [4.69, 9.17) is 37.8 Å². The zero-order valence-corrected chi connectivity index (χ0v) is 18.2. The Labute approximate surface area is 181 Å².